The van der Waals surface area contributed by atoms with Crippen molar-refractivity contribution in [1.82, 2.24) is 5.32 Å². The minimum atomic E-state index is -0.764. The first kappa shape index (κ1) is 22.9. The van der Waals surface area contributed by atoms with Crippen LogP contribution in [0.5, 0.6) is 17.2 Å². The molecule has 31 heavy (non-hydrogen) atoms. The normalized spacial score (nSPS) is 16.2. The molecule has 2 aromatic rings. The Morgan fingerprint density at radius 1 is 1.16 bits per heavy atom. The largest absolute Gasteiger partial charge is 0.497 e. The number of carboxylic acids is 1. The van der Waals surface area contributed by atoms with Gasteiger partial charge in [-0.15, -0.1) is 0 Å². The van der Waals surface area contributed by atoms with Crippen LogP contribution in [0.2, 0.25) is 0 Å². The van der Waals surface area contributed by atoms with Crippen molar-refractivity contribution in [2.24, 2.45) is 5.41 Å². The van der Waals surface area contributed by atoms with Crippen LogP contribution in [0.1, 0.15) is 45.1 Å². The highest BCUT2D eigenvalue weighted by Crippen LogP contribution is 2.36. The van der Waals surface area contributed by atoms with E-state index in [1.807, 2.05) is 56.3 Å². The van der Waals surface area contributed by atoms with Gasteiger partial charge in [0.05, 0.1) is 18.2 Å². The Morgan fingerprint density at radius 2 is 1.87 bits per heavy atom. The van der Waals surface area contributed by atoms with E-state index in [1.54, 1.807) is 7.11 Å². The van der Waals surface area contributed by atoms with E-state index >= 15 is 0 Å². The van der Waals surface area contributed by atoms with Crippen molar-refractivity contribution in [1.29, 1.82) is 0 Å². The molecule has 3 N–H and O–H groups in total. The molecule has 0 spiro atoms. The number of hydrogen-bond donors (Lipinski definition) is 3. The number of carbonyl (C=O) groups is 1. The zero-order chi connectivity index (χ0) is 22.3. The Balaban J connectivity index is 1.85. The third kappa shape index (κ3) is 5.70. The zero-order valence-corrected chi connectivity index (χ0v) is 18.7. The van der Waals surface area contributed by atoms with Gasteiger partial charge in [-0.1, -0.05) is 19.9 Å². The Kier molecular flexibility index (Phi) is 7.80. The van der Waals surface area contributed by atoms with Crippen molar-refractivity contribution in [3.05, 3.63) is 48.0 Å². The van der Waals surface area contributed by atoms with E-state index in [4.69, 9.17) is 9.47 Å². The summed E-state index contributed by atoms with van der Waals surface area (Å²) in [6, 6.07) is 13.9. The number of rotatable bonds is 11. The fraction of sp³-hybridized carbons (Fsp3) is 0.480. The standard InChI is InChI=1S/C25H34N2O4/c1-4-25(5-2,24(28)29)16-18-8-13-22(27-17-19-7-6-14-26-19)23(15-18)31-21-11-9-20(30-3)10-12-21/h8-13,15,19,26-27H,4-7,14,16-17H2,1-3H3,(H,28,29). The molecule has 1 fully saturated rings. The molecule has 0 aromatic heterocycles. The van der Waals surface area contributed by atoms with Gasteiger partial charge in [-0.05, 0) is 80.6 Å². The second kappa shape index (κ2) is 10.5. The molecule has 0 amide bonds. The monoisotopic (exact) mass is 426 g/mol. The number of ether oxygens (including phenoxy) is 2. The lowest BCUT2D eigenvalue weighted by Gasteiger charge is -2.27. The van der Waals surface area contributed by atoms with E-state index in [1.165, 1.54) is 6.42 Å². The minimum absolute atomic E-state index is 0.452. The molecule has 1 aliphatic heterocycles. The van der Waals surface area contributed by atoms with Gasteiger partial charge >= 0.3 is 5.97 Å². The Bertz CT molecular complexity index is 856. The van der Waals surface area contributed by atoms with Gasteiger partial charge < -0.3 is 25.2 Å². The lowest BCUT2D eigenvalue weighted by Crippen LogP contribution is -2.32. The van der Waals surface area contributed by atoms with E-state index in [2.05, 4.69) is 10.6 Å². The van der Waals surface area contributed by atoms with Crippen LogP contribution in [-0.4, -0.2) is 37.3 Å². The highest BCUT2D eigenvalue weighted by atomic mass is 16.5. The van der Waals surface area contributed by atoms with Crippen molar-refractivity contribution in [3.8, 4) is 17.2 Å². The Morgan fingerprint density at radius 3 is 2.45 bits per heavy atom. The average Bonchev–Trinajstić information content (AvgIpc) is 3.31. The summed E-state index contributed by atoms with van der Waals surface area (Å²) in [6.45, 7) is 5.76. The second-order valence-electron chi connectivity index (χ2n) is 8.25. The van der Waals surface area contributed by atoms with Crippen LogP contribution in [0.4, 0.5) is 5.69 Å². The molecule has 168 valence electrons. The predicted molar refractivity (Wildman–Crippen MR) is 123 cm³/mol. The molecule has 0 aliphatic carbocycles. The summed E-state index contributed by atoms with van der Waals surface area (Å²) in [5.41, 5.74) is 1.10. The minimum Gasteiger partial charge on any atom is -0.497 e. The zero-order valence-electron chi connectivity index (χ0n) is 18.7. The van der Waals surface area contributed by atoms with Gasteiger partial charge in [0.25, 0.3) is 0 Å². The first-order chi connectivity index (χ1) is 15.0. The van der Waals surface area contributed by atoms with E-state index in [0.717, 1.165) is 36.5 Å². The van der Waals surface area contributed by atoms with Crippen LogP contribution < -0.4 is 20.1 Å². The molecule has 0 radical (unpaired) electrons. The fourth-order valence-corrected chi connectivity index (χ4v) is 4.11. The summed E-state index contributed by atoms with van der Waals surface area (Å²) in [4.78, 5) is 12.0. The lowest BCUT2D eigenvalue weighted by molar-refractivity contribution is -0.149. The summed E-state index contributed by atoms with van der Waals surface area (Å²) >= 11 is 0. The molecule has 0 bridgehead atoms. The van der Waals surface area contributed by atoms with Crippen molar-refractivity contribution in [2.45, 2.75) is 52.0 Å². The molecule has 1 atom stereocenters. The third-order valence-corrected chi connectivity index (χ3v) is 6.38. The van der Waals surface area contributed by atoms with Gasteiger partial charge in [0.1, 0.15) is 11.5 Å². The number of anilines is 1. The Labute approximate surface area is 185 Å². The Hall–Kier alpha value is -2.73. The maximum absolute atomic E-state index is 12.0. The average molecular weight is 427 g/mol. The molecule has 6 nitrogen and oxygen atoms in total. The van der Waals surface area contributed by atoms with E-state index in [0.29, 0.717) is 36.8 Å². The molecule has 1 unspecified atom stereocenters. The van der Waals surface area contributed by atoms with Crippen LogP contribution in [0.3, 0.4) is 0 Å². The number of carboxylic acid groups (broad SMARTS) is 1. The van der Waals surface area contributed by atoms with Crippen LogP contribution >= 0.6 is 0 Å². The maximum Gasteiger partial charge on any atom is 0.309 e. The summed E-state index contributed by atoms with van der Waals surface area (Å²) in [7, 11) is 1.63. The molecule has 2 aromatic carbocycles. The number of aliphatic carboxylic acids is 1. The van der Waals surface area contributed by atoms with E-state index < -0.39 is 11.4 Å². The number of methoxy groups -OCH3 is 1. The van der Waals surface area contributed by atoms with Crippen molar-refractivity contribution >= 4 is 11.7 Å². The van der Waals surface area contributed by atoms with E-state index in [9.17, 15) is 9.90 Å². The van der Waals surface area contributed by atoms with Gasteiger partial charge in [0.15, 0.2) is 5.75 Å². The quantitative estimate of drug-likeness (QED) is 0.465. The molecule has 1 heterocycles. The lowest BCUT2D eigenvalue weighted by atomic mass is 9.77. The van der Waals surface area contributed by atoms with Crippen molar-refractivity contribution < 1.29 is 19.4 Å². The van der Waals surface area contributed by atoms with Gasteiger partial charge in [-0.25, -0.2) is 0 Å². The summed E-state index contributed by atoms with van der Waals surface area (Å²) in [6.07, 6.45) is 4.00. The molecule has 3 rings (SSSR count). The summed E-state index contributed by atoms with van der Waals surface area (Å²) < 4.78 is 11.5. The molecule has 0 saturated carbocycles. The van der Waals surface area contributed by atoms with Crippen molar-refractivity contribution in [2.75, 3.05) is 25.5 Å². The number of benzene rings is 2. The van der Waals surface area contributed by atoms with Crippen LogP contribution in [0, 0.1) is 5.41 Å². The first-order valence-electron chi connectivity index (χ1n) is 11.1. The second-order valence-corrected chi connectivity index (χ2v) is 8.25. The maximum atomic E-state index is 12.0. The smallest absolute Gasteiger partial charge is 0.309 e. The van der Waals surface area contributed by atoms with Crippen LogP contribution in [0.25, 0.3) is 0 Å². The molecule has 6 heteroatoms. The first-order valence-corrected chi connectivity index (χ1v) is 11.1. The van der Waals surface area contributed by atoms with Gasteiger partial charge in [-0.3, -0.25) is 4.79 Å². The van der Waals surface area contributed by atoms with Gasteiger partial charge in [0.2, 0.25) is 0 Å². The topological polar surface area (TPSA) is 79.8 Å². The van der Waals surface area contributed by atoms with Crippen LogP contribution in [-0.2, 0) is 11.2 Å². The molecular weight excluding hydrogens is 392 g/mol. The molecule has 1 aliphatic rings. The van der Waals surface area contributed by atoms with E-state index in [-0.39, 0.29) is 0 Å². The number of nitrogens with one attached hydrogen (secondary N) is 2. The van der Waals surface area contributed by atoms with Gasteiger partial charge in [-0.2, -0.15) is 0 Å². The van der Waals surface area contributed by atoms with Gasteiger partial charge in [0, 0.05) is 12.6 Å². The summed E-state index contributed by atoms with van der Waals surface area (Å²) in [5.74, 6) is 1.43. The predicted octanol–water partition coefficient (Wildman–Crippen LogP) is 5.08. The summed E-state index contributed by atoms with van der Waals surface area (Å²) in [5, 5.41) is 16.8. The molecule has 1 saturated heterocycles. The molecular formula is C25H34N2O4. The van der Waals surface area contributed by atoms with Crippen LogP contribution in [0.15, 0.2) is 42.5 Å². The third-order valence-electron chi connectivity index (χ3n) is 6.38. The highest BCUT2D eigenvalue weighted by molar-refractivity contribution is 5.75. The fourth-order valence-electron chi connectivity index (χ4n) is 4.11. The highest BCUT2D eigenvalue weighted by Gasteiger charge is 2.35. The van der Waals surface area contributed by atoms with Crippen molar-refractivity contribution in [3.63, 3.8) is 0 Å². The SMILES string of the molecule is CCC(CC)(Cc1ccc(NCC2CCCN2)c(Oc2ccc(OC)cc2)c1)C(=O)O. The number of hydrogen-bond acceptors (Lipinski definition) is 5.